The Morgan fingerprint density at radius 3 is 2.42 bits per heavy atom. The lowest BCUT2D eigenvalue weighted by Crippen LogP contribution is -1.97. The van der Waals surface area contributed by atoms with E-state index in [-0.39, 0.29) is 22.8 Å². The first-order valence-corrected chi connectivity index (χ1v) is 3.04. The van der Waals surface area contributed by atoms with Crippen molar-refractivity contribution in [3.8, 4) is 5.75 Å². The fourth-order valence-corrected chi connectivity index (χ4v) is 0.750. The van der Waals surface area contributed by atoms with Gasteiger partial charge in [0.15, 0.2) is 0 Å². The summed E-state index contributed by atoms with van der Waals surface area (Å²) < 4.78 is 0. The van der Waals surface area contributed by atoms with Crippen LogP contribution in [0.25, 0.3) is 0 Å². The molecule has 0 aliphatic carbocycles. The average molecular weight is 169 g/mol. The summed E-state index contributed by atoms with van der Waals surface area (Å²) >= 11 is 0. The number of nitrogen functional groups attached to an aromatic ring is 2. The second-order valence-electron chi connectivity index (χ2n) is 2.22. The van der Waals surface area contributed by atoms with Gasteiger partial charge >= 0.3 is 0 Å². The van der Waals surface area contributed by atoms with Crippen LogP contribution in [0.15, 0.2) is 12.1 Å². The van der Waals surface area contributed by atoms with Crippen LogP contribution in [-0.4, -0.2) is 10.0 Å². The number of nitro benzene ring substituents is 1. The Morgan fingerprint density at radius 2 is 2.00 bits per heavy atom. The van der Waals surface area contributed by atoms with Crippen LogP contribution in [0.5, 0.6) is 5.75 Å². The van der Waals surface area contributed by atoms with Crippen LogP contribution in [-0.2, 0) is 0 Å². The fourth-order valence-electron chi connectivity index (χ4n) is 0.750. The minimum absolute atomic E-state index is 0.00157. The highest BCUT2D eigenvalue weighted by atomic mass is 16.6. The minimum atomic E-state index is -0.657. The van der Waals surface area contributed by atoms with E-state index >= 15 is 0 Å². The van der Waals surface area contributed by atoms with E-state index in [1.54, 1.807) is 0 Å². The van der Waals surface area contributed by atoms with E-state index in [0.717, 1.165) is 12.1 Å². The molecular weight excluding hydrogens is 162 g/mol. The Kier molecular flexibility index (Phi) is 1.74. The zero-order valence-electron chi connectivity index (χ0n) is 6.02. The van der Waals surface area contributed by atoms with Crippen molar-refractivity contribution >= 4 is 17.1 Å². The maximum Gasteiger partial charge on any atom is 0.275 e. The standard InChI is InChI=1S/C6H7N3O3/c7-4-1-3(9(11)12)2-5(10)6(4)8/h1-2,10H,7-8H2. The van der Waals surface area contributed by atoms with Crippen molar-refractivity contribution in [2.45, 2.75) is 0 Å². The highest BCUT2D eigenvalue weighted by Crippen LogP contribution is 2.31. The van der Waals surface area contributed by atoms with Gasteiger partial charge in [-0.05, 0) is 0 Å². The molecule has 0 aliphatic heterocycles. The molecule has 0 atom stereocenters. The van der Waals surface area contributed by atoms with Crippen molar-refractivity contribution in [1.82, 2.24) is 0 Å². The minimum Gasteiger partial charge on any atom is -0.505 e. The molecule has 6 nitrogen and oxygen atoms in total. The van der Waals surface area contributed by atoms with Gasteiger partial charge in [0.05, 0.1) is 22.4 Å². The summed E-state index contributed by atoms with van der Waals surface area (Å²) in [7, 11) is 0. The van der Waals surface area contributed by atoms with Gasteiger partial charge < -0.3 is 16.6 Å². The van der Waals surface area contributed by atoms with Gasteiger partial charge in [0.25, 0.3) is 5.69 Å². The molecule has 0 heterocycles. The number of hydrogen-bond acceptors (Lipinski definition) is 5. The quantitative estimate of drug-likeness (QED) is 0.244. The number of hydrogen-bond donors (Lipinski definition) is 3. The van der Waals surface area contributed by atoms with Gasteiger partial charge in [-0.2, -0.15) is 0 Å². The predicted octanol–water partition coefficient (Wildman–Crippen LogP) is 0.465. The molecule has 0 aromatic heterocycles. The van der Waals surface area contributed by atoms with Gasteiger partial charge in [0.2, 0.25) is 0 Å². The van der Waals surface area contributed by atoms with Gasteiger partial charge in [-0.3, -0.25) is 10.1 Å². The molecule has 0 fully saturated rings. The van der Waals surface area contributed by atoms with E-state index in [9.17, 15) is 10.1 Å². The van der Waals surface area contributed by atoms with E-state index in [2.05, 4.69) is 0 Å². The Morgan fingerprint density at radius 1 is 1.42 bits per heavy atom. The van der Waals surface area contributed by atoms with Gasteiger partial charge in [-0.25, -0.2) is 0 Å². The van der Waals surface area contributed by atoms with Gasteiger partial charge in [-0.1, -0.05) is 0 Å². The monoisotopic (exact) mass is 169 g/mol. The highest BCUT2D eigenvalue weighted by Gasteiger charge is 2.11. The van der Waals surface area contributed by atoms with Gasteiger partial charge in [-0.15, -0.1) is 0 Å². The molecule has 0 saturated heterocycles. The summed E-state index contributed by atoms with van der Waals surface area (Å²) in [4.78, 5) is 9.56. The summed E-state index contributed by atoms with van der Waals surface area (Å²) in [6.07, 6.45) is 0. The van der Waals surface area contributed by atoms with Crippen molar-refractivity contribution in [2.75, 3.05) is 11.5 Å². The van der Waals surface area contributed by atoms with Gasteiger partial charge in [0, 0.05) is 6.07 Å². The molecule has 0 amide bonds. The summed E-state index contributed by atoms with van der Waals surface area (Å²) in [6, 6.07) is 2.04. The fraction of sp³-hybridized carbons (Fsp3) is 0. The van der Waals surface area contributed by atoms with Crippen LogP contribution in [0.2, 0.25) is 0 Å². The molecule has 1 aromatic carbocycles. The average Bonchev–Trinajstić information content (AvgIpc) is 1.99. The lowest BCUT2D eigenvalue weighted by Gasteiger charge is -2.01. The number of non-ortho nitro benzene ring substituents is 1. The van der Waals surface area contributed by atoms with Crippen LogP contribution >= 0.6 is 0 Å². The first-order valence-electron chi connectivity index (χ1n) is 3.04. The molecule has 0 bridgehead atoms. The summed E-state index contributed by atoms with van der Waals surface area (Å²) in [5.74, 6) is -0.373. The van der Waals surface area contributed by atoms with E-state index in [1.165, 1.54) is 0 Å². The predicted molar refractivity (Wildman–Crippen MR) is 43.6 cm³/mol. The van der Waals surface area contributed by atoms with Gasteiger partial charge in [0.1, 0.15) is 5.75 Å². The molecule has 12 heavy (non-hydrogen) atoms. The number of nitrogens with zero attached hydrogens (tertiary/aromatic N) is 1. The van der Waals surface area contributed by atoms with Crippen LogP contribution in [0.3, 0.4) is 0 Å². The van der Waals surface area contributed by atoms with Crippen LogP contribution in [0.1, 0.15) is 0 Å². The van der Waals surface area contributed by atoms with Crippen molar-refractivity contribution in [3.05, 3.63) is 22.2 Å². The van der Waals surface area contributed by atoms with Crippen LogP contribution in [0, 0.1) is 10.1 Å². The second-order valence-corrected chi connectivity index (χ2v) is 2.22. The van der Waals surface area contributed by atoms with E-state index in [1.807, 2.05) is 0 Å². The molecule has 0 aliphatic rings. The first-order chi connectivity index (χ1) is 5.52. The third-order valence-electron chi connectivity index (χ3n) is 1.39. The molecule has 1 rings (SSSR count). The first kappa shape index (κ1) is 8.12. The molecule has 0 unspecified atom stereocenters. The lowest BCUT2D eigenvalue weighted by molar-refractivity contribution is -0.384. The van der Waals surface area contributed by atoms with E-state index in [0.29, 0.717) is 0 Å². The number of rotatable bonds is 1. The molecule has 0 radical (unpaired) electrons. The number of phenols is 1. The topological polar surface area (TPSA) is 115 Å². The maximum absolute atomic E-state index is 10.2. The van der Waals surface area contributed by atoms with Crippen LogP contribution < -0.4 is 11.5 Å². The summed E-state index contributed by atoms with van der Waals surface area (Å²) in [6.45, 7) is 0. The Bertz CT molecular complexity index is 314. The number of benzene rings is 1. The number of nitrogens with two attached hydrogens (primary N) is 2. The third-order valence-corrected chi connectivity index (χ3v) is 1.39. The SMILES string of the molecule is Nc1cc([N+](=O)[O-])cc(O)c1N. The van der Waals surface area contributed by atoms with Crippen molar-refractivity contribution in [2.24, 2.45) is 0 Å². The Hall–Kier alpha value is -1.98. The number of anilines is 2. The smallest absolute Gasteiger partial charge is 0.275 e. The molecule has 6 heteroatoms. The van der Waals surface area contributed by atoms with Crippen molar-refractivity contribution in [3.63, 3.8) is 0 Å². The normalized spacial score (nSPS) is 9.67. The van der Waals surface area contributed by atoms with E-state index < -0.39 is 4.92 Å². The summed E-state index contributed by atoms with van der Waals surface area (Å²) in [5.41, 5.74) is 10.2. The Balaban J connectivity index is 3.31. The second kappa shape index (κ2) is 2.57. The number of nitro groups is 1. The zero-order valence-corrected chi connectivity index (χ0v) is 6.02. The third kappa shape index (κ3) is 1.22. The molecule has 0 saturated carbocycles. The van der Waals surface area contributed by atoms with E-state index in [4.69, 9.17) is 16.6 Å². The molecule has 1 aromatic rings. The molecule has 5 N–H and O–H groups in total. The van der Waals surface area contributed by atoms with Crippen molar-refractivity contribution in [1.29, 1.82) is 0 Å². The molecule has 0 spiro atoms. The zero-order chi connectivity index (χ0) is 9.30. The van der Waals surface area contributed by atoms with Crippen molar-refractivity contribution < 1.29 is 10.0 Å². The lowest BCUT2D eigenvalue weighted by atomic mass is 10.2. The number of phenolic OH excluding ortho intramolecular Hbond substituents is 1. The largest absolute Gasteiger partial charge is 0.505 e. The summed E-state index contributed by atoms with van der Waals surface area (Å²) in [5, 5.41) is 19.2. The highest BCUT2D eigenvalue weighted by molar-refractivity contribution is 5.73. The maximum atomic E-state index is 10.2. The Labute approximate surface area is 67.6 Å². The molecular formula is C6H7N3O3. The number of aromatic hydroxyl groups is 1. The molecule has 64 valence electrons. The van der Waals surface area contributed by atoms with Crippen LogP contribution in [0.4, 0.5) is 17.1 Å².